The maximum Gasteiger partial charge on any atom is 0.317 e. The molecule has 5 heteroatoms. The number of nitrogens with one attached hydrogen (secondary N) is 1. The lowest BCUT2D eigenvalue weighted by atomic mass is 10.1. The van der Waals surface area contributed by atoms with E-state index >= 15 is 0 Å². The van der Waals surface area contributed by atoms with Crippen LogP contribution >= 0.6 is 21.6 Å². The van der Waals surface area contributed by atoms with Crippen molar-refractivity contribution in [2.45, 2.75) is 23.5 Å². The summed E-state index contributed by atoms with van der Waals surface area (Å²) in [7, 11) is -0.156. The van der Waals surface area contributed by atoms with Gasteiger partial charge < -0.3 is 10.1 Å². The molecular formula is C17H20ClNO2S. The minimum atomic E-state index is -1.61. The average molecular weight is 338 g/mol. The molecule has 118 valence electrons. The first-order valence-electron chi connectivity index (χ1n) is 7.36. The predicted molar refractivity (Wildman–Crippen MR) is 92.4 cm³/mol. The minimum Gasteiger partial charge on any atom is -0.468 e. The Balaban J connectivity index is 2.21. The number of carbonyl (C=O) groups excluding carboxylic acids is 1. The molecule has 3 rings (SSSR count). The van der Waals surface area contributed by atoms with Crippen molar-refractivity contribution in [3.63, 3.8) is 0 Å². The average Bonchev–Trinajstić information content (AvgIpc) is 2.94. The number of halogens is 1. The highest BCUT2D eigenvalue weighted by molar-refractivity contribution is 8.40. The van der Waals surface area contributed by atoms with E-state index in [1.54, 1.807) is 0 Å². The molecule has 0 saturated heterocycles. The van der Waals surface area contributed by atoms with Crippen molar-refractivity contribution in [3.8, 4) is 0 Å². The van der Waals surface area contributed by atoms with Gasteiger partial charge in [-0.15, -0.1) is 0 Å². The molecule has 1 aromatic rings. The molecule has 0 aliphatic carbocycles. The Bertz CT molecular complexity index is 670. The van der Waals surface area contributed by atoms with E-state index in [-0.39, 0.29) is 11.2 Å². The number of methoxy groups -OCH3 is 1. The Kier molecular flexibility index (Phi) is 4.35. The van der Waals surface area contributed by atoms with E-state index in [0.717, 1.165) is 29.4 Å². The molecule has 2 aliphatic heterocycles. The summed E-state index contributed by atoms with van der Waals surface area (Å²) >= 11 is 6.51. The summed E-state index contributed by atoms with van der Waals surface area (Å²) in [4.78, 5) is 14.8. The van der Waals surface area contributed by atoms with Crippen LogP contribution in [0.15, 0.2) is 51.1 Å². The number of hydrogen-bond acceptors (Lipinski definition) is 3. The number of benzene rings is 1. The monoisotopic (exact) mass is 337 g/mol. The summed E-state index contributed by atoms with van der Waals surface area (Å²) in [6.07, 6.45) is 3.11. The van der Waals surface area contributed by atoms with Gasteiger partial charge in [0.2, 0.25) is 0 Å². The largest absolute Gasteiger partial charge is 0.468 e. The van der Waals surface area contributed by atoms with Crippen LogP contribution in [-0.2, 0) is 9.53 Å². The van der Waals surface area contributed by atoms with Gasteiger partial charge in [0, 0.05) is 11.4 Å². The predicted octanol–water partition coefficient (Wildman–Crippen LogP) is 3.84. The van der Waals surface area contributed by atoms with Gasteiger partial charge in [0.15, 0.2) is 0 Å². The first-order chi connectivity index (χ1) is 10.6. The van der Waals surface area contributed by atoms with Gasteiger partial charge in [-0.3, -0.25) is 4.79 Å². The van der Waals surface area contributed by atoms with Gasteiger partial charge in [0.1, 0.15) is 0 Å². The quantitative estimate of drug-likeness (QED) is 0.852. The molecule has 3 nitrogen and oxygen atoms in total. The third-order valence-corrected chi connectivity index (χ3v) is 9.07. The fourth-order valence-electron chi connectivity index (χ4n) is 3.26. The standard InChI is InChI=1S/C17H20ClNO2S/c1-12(17(20)21-2)22(16-6-4-3-5-14(16)18)10-8-13-11-19-9-7-15(13)22/h3-6,8,10,12,19H,7,9,11H2,1-2H3. The van der Waals surface area contributed by atoms with Gasteiger partial charge in [-0.25, -0.2) is 0 Å². The highest BCUT2D eigenvalue weighted by Gasteiger charge is 2.43. The summed E-state index contributed by atoms with van der Waals surface area (Å²) in [6, 6.07) is 7.88. The maximum atomic E-state index is 12.3. The van der Waals surface area contributed by atoms with Crippen LogP contribution in [0.5, 0.6) is 0 Å². The molecule has 1 N–H and O–H groups in total. The van der Waals surface area contributed by atoms with Crippen molar-refractivity contribution >= 4 is 27.6 Å². The summed E-state index contributed by atoms with van der Waals surface area (Å²) < 4.78 is 5.06. The Hall–Kier alpha value is -1.23. The first kappa shape index (κ1) is 15.7. The number of rotatable bonds is 3. The van der Waals surface area contributed by atoms with Crippen molar-refractivity contribution in [3.05, 3.63) is 51.3 Å². The van der Waals surface area contributed by atoms with E-state index in [0.29, 0.717) is 0 Å². The Morgan fingerprint density at radius 3 is 2.91 bits per heavy atom. The molecule has 0 bridgehead atoms. The molecule has 0 radical (unpaired) electrons. The second-order valence-corrected chi connectivity index (χ2v) is 9.22. The van der Waals surface area contributed by atoms with Gasteiger partial charge >= 0.3 is 5.97 Å². The van der Waals surface area contributed by atoms with Crippen LogP contribution in [0.4, 0.5) is 0 Å². The molecule has 2 atom stereocenters. The Labute approximate surface area is 137 Å². The van der Waals surface area contributed by atoms with Crippen molar-refractivity contribution in [2.24, 2.45) is 0 Å². The topological polar surface area (TPSA) is 38.3 Å². The van der Waals surface area contributed by atoms with E-state index in [9.17, 15) is 4.79 Å². The molecular weight excluding hydrogens is 318 g/mol. The van der Waals surface area contributed by atoms with Gasteiger partial charge in [0.05, 0.1) is 17.4 Å². The number of ether oxygens (including phenoxy) is 1. The number of hydrogen-bond donors (Lipinski definition) is 1. The smallest absolute Gasteiger partial charge is 0.317 e. The van der Waals surface area contributed by atoms with Crippen LogP contribution in [0.1, 0.15) is 13.3 Å². The van der Waals surface area contributed by atoms with Gasteiger partial charge in [-0.05, 0) is 47.9 Å². The molecule has 0 aromatic heterocycles. The van der Waals surface area contributed by atoms with Crippen molar-refractivity contribution < 1.29 is 9.53 Å². The molecule has 2 aliphatic rings. The summed E-state index contributed by atoms with van der Waals surface area (Å²) in [5.41, 5.74) is 1.30. The van der Waals surface area contributed by atoms with Crippen LogP contribution < -0.4 is 5.32 Å². The van der Waals surface area contributed by atoms with E-state index in [1.165, 1.54) is 17.6 Å². The molecule has 1 aromatic carbocycles. The number of esters is 1. The van der Waals surface area contributed by atoms with E-state index in [1.807, 2.05) is 25.1 Å². The molecule has 2 heterocycles. The highest BCUT2D eigenvalue weighted by Crippen LogP contribution is 2.72. The van der Waals surface area contributed by atoms with Crippen LogP contribution in [0.3, 0.4) is 0 Å². The van der Waals surface area contributed by atoms with Crippen molar-refractivity contribution in [1.82, 2.24) is 5.32 Å². The van der Waals surface area contributed by atoms with E-state index < -0.39 is 10.0 Å². The highest BCUT2D eigenvalue weighted by atomic mass is 35.5. The van der Waals surface area contributed by atoms with Crippen LogP contribution in [-0.4, -0.2) is 31.4 Å². The second-order valence-electron chi connectivity index (χ2n) is 5.48. The van der Waals surface area contributed by atoms with Gasteiger partial charge in [-0.1, -0.05) is 29.8 Å². The third-order valence-electron chi connectivity index (χ3n) is 4.39. The Morgan fingerprint density at radius 2 is 2.18 bits per heavy atom. The van der Waals surface area contributed by atoms with E-state index in [4.69, 9.17) is 16.3 Å². The van der Waals surface area contributed by atoms with Gasteiger partial charge in [-0.2, -0.15) is 10.0 Å². The molecule has 0 amide bonds. The second kappa shape index (κ2) is 6.11. The SMILES string of the molecule is COC(=O)C(C)S1(c2ccccc2Cl)C=CC2=C1CCNC2. The van der Waals surface area contributed by atoms with E-state index in [2.05, 4.69) is 22.9 Å². The zero-order valence-electron chi connectivity index (χ0n) is 12.8. The normalized spacial score (nSPS) is 28.0. The fourth-order valence-corrected chi connectivity index (χ4v) is 7.88. The maximum absolute atomic E-state index is 12.3. The van der Waals surface area contributed by atoms with Gasteiger partial charge in [0.25, 0.3) is 0 Å². The third kappa shape index (κ3) is 2.30. The van der Waals surface area contributed by atoms with Crippen LogP contribution in [0, 0.1) is 0 Å². The molecule has 0 spiro atoms. The molecule has 0 saturated carbocycles. The first-order valence-corrected chi connectivity index (χ1v) is 9.50. The summed E-state index contributed by atoms with van der Waals surface area (Å²) in [6.45, 7) is 3.76. The van der Waals surface area contributed by atoms with Crippen LogP contribution in [0.25, 0.3) is 0 Å². The summed E-state index contributed by atoms with van der Waals surface area (Å²) in [5.74, 6) is -0.174. The number of carbonyl (C=O) groups is 1. The molecule has 0 fully saturated rings. The molecule has 22 heavy (non-hydrogen) atoms. The summed E-state index contributed by atoms with van der Waals surface area (Å²) in [5, 5.41) is 6.10. The lowest BCUT2D eigenvalue weighted by molar-refractivity contribution is -0.139. The zero-order valence-corrected chi connectivity index (χ0v) is 14.3. The Morgan fingerprint density at radius 1 is 1.41 bits per heavy atom. The molecule has 2 unspecified atom stereocenters. The van der Waals surface area contributed by atoms with Crippen molar-refractivity contribution in [1.29, 1.82) is 0 Å². The lowest BCUT2D eigenvalue weighted by Gasteiger charge is -2.43. The lowest BCUT2D eigenvalue weighted by Crippen LogP contribution is -2.30. The van der Waals surface area contributed by atoms with Crippen LogP contribution in [0.2, 0.25) is 5.02 Å². The van der Waals surface area contributed by atoms with Crippen molar-refractivity contribution in [2.75, 3.05) is 20.2 Å². The minimum absolute atomic E-state index is 0.174. The fraction of sp³-hybridized carbons (Fsp3) is 0.353. The zero-order chi connectivity index (χ0) is 15.7.